The summed E-state index contributed by atoms with van der Waals surface area (Å²) in [6, 6.07) is 0. The fourth-order valence-electron chi connectivity index (χ4n) is 0. The molecule has 28 valence electrons. The molecule has 1 heteroatoms. The fourth-order valence-corrected chi connectivity index (χ4v) is 0. The average molecular weight is 261 g/mol. The first-order valence-electron chi connectivity index (χ1n) is 1.79. The molecule has 0 aliphatic carbocycles. The zero-order chi connectivity index (χ0) is 4.50. The van der Waals surface area contributed by atoms with Crippen molar-refractivity contribution in [3.05, 3.63) is 0 Å². The van der Waals surface area contributed by atoms with Crippen molar-refractivity contribution in [3.63, 3.8) is 0 Å². The van der Waals surface area contributed by atoms with Crippen LogP contribution in [0.25, 0.3) is 0 Å². The Morgan fingerprint density at radius 3 is 1.20 bits per heavy atom. The SMILES string of the molecule is C[C](C)(C)[Tl]. The summed E-state index contributed by atoms with van der Waals surface area (Å²) in [4.78, 5) is 0. The molecule has 0 nitrogen and oxygen atoms in total. The van der Waals surface area contributed by atoms with Gasteiger partial charge >= 0.3 is 49.5 Å². The standard InChI is InChI=1S/C4H9.Tl/c1-4(2)3;/h1-3H3;. The monoisotopic (exact) mass is 262 g/mol. The van der Waals surface area contributed by atoms with Crippen LogP contribution in [-0.2, 0) is 0 Å². The van der Waals surface area contributed by atoms with E-state index in [0.717, 1.165) is 25.8 Å². The zero-order valence-corrected chi connectivity index (χ0v) is 8.57. The molecular weight excluding hydrogens is 252 g/mol. The van der Waals surface area contributed by atoms with Crippen LogP contribution in [0.2, 0.25) is 2.97 Å². The molecule has 0 atom stereocenters. The van der Waals surface area contributed by atoms with Crippen molar-refractivity contribution in [1.82, 2.24) is 0 Å². The van der Waals surface area contributed by atoms with E-state index in [-0.39, 0.29) is 0 Å². The van der Waals surface area contributed by atoms with Crippen LogP contribution in [0.15, 0.2) is 0 Å². The summed E-state index contributed by atoms with van der Waals surface area (Å²) in [7, 11) is 0. The third kappa shape index (κ3) is 49.4. The Morgan fingerprint density at radius 2 is 1.20 bits per heavy atom. The molecule has 0 aromatic heterocycles. The van der Waals surface area contributed by atoms with Gasteiger partial charge in [-0.1, -0.05) is 0 Å². The van der Waals surface area contributed by atoms with Crippen molar-refractivity contribution < 1.29 is 0 Å². The molecule has 0 aliphatic rings. The van der Waals surface area contributed by atoms with Crippen molar-refractivity contribution in [1.29, 1.82) is 0 Å². The Balaban J connectivity index is 3.02. The molecule has 0 heterocycles. The normalized spacial score (nSPS) is 11.6. The fraction of sp³-hybridized carbons (Fsp3) is 1.00. The van der Waals surface area contributed by atoms with Gasteiger partial charge in [0.1, 0.15) is 0 Å². The van der Waals surface area contributed by atoms with E-state index < -0.39 is 0 Å². The predicted molar refractivity (Wildman–Crippen MR) is 25.5 cm³/mol. The van der Waals surface area contributed by atoms with Crippen LogP contribution in [0.4, 0.5) is 0 Å². The average Bonchev–Trinajstić information content (AvgIpc) is 0.722. The Morgan fingerprint density at radius 1 is 1.20 bits per heavy atom. The maximum absolute atomic E-state index is 2.26. The van der Waals surface area contributed by atoms with E-state index in [1.807, 2.05) is 0 Å². The van der Waals surface area contributed by atoms with Crippen LogP contribution in [0.1, 0.15) is 20.8 Å². The third-order valence-corrected chi connectivity index (χ3v) is 0. The topological polar surface area (TPSA) is 0 Å². The number of rotatable bonds is 0. The van der Waals surface area contributed by atoms with Gasteiger partial charge in [-0.25, -0.2) is 0 Å². The molecule has 0 rings (SSSR count). The predicted octanol–water partition coefficient (Wildman–Crippen LogP) is 1.37. The molecule has 0 aliphatic heterocycles. The zero-order valence-electron chi connectivity index (χ0n) is 4.08. The quantitative estimate of drug-likeness (QED) is 0.578. The van der Waals surface area contributed by atoms with Crippen molar-refractivity contribution >= 4 is 25.8 Å². The Kier molecular flexibility index (Phi) is 1.87. The summed E-state index contributed by atoms with van der Waals surface area (Å²) in [6.07, 6.45) is 0. The third-order valence-electron chi connectivity index (χ3n) is 0. The first-order chi connectivity index (χ1) is 2.00. The Hall–Kier alpha value is 0.922. The molecule has 0 spiro atoms. The summed E-state index contributed by atoms with van der Waals surface area (Å²) in [5, 5.41) is 0. The molecule has 0 unspecified atom stereocenters. The molecule has 0 bridgehead atoms. The van der Waals surface area contributed by atoms with Gasteiger partial charge in [0, 0.05) is 0 Å². The summed E-state index contributed by atoms with van der Waals surface area (Å²) in [5.74, 6) is 0. The second-order valence-corrected chi connectivity index (χ2v) is 9.10. The van der Waals surface area contributed by atoms with Gasteiger partial charge in [0.15, 0.2) is 0 Å². The van der Waals surface area contributed by atoms with E-state index in [0.29, 0.717) is 2.97 Å². The van der Waals surface area contributed by atoms with E-state index in [1.165, 1.54) is 0 Å². The van der Waals surface area contributed by atoms with Gasteiger partial charge < -0.3 is 0 Å². The molecule has 0 aromatic rings. The first kappa shape index (κ1) is 5.92. The molecule has 0 saturated heterocycles. The molecule has 0 saturated carbocycles. The summed E-state index contributed by atoms with van der Waals surface area (Å²) in [5.41, 5.74) is 0. The van der Waals surface area contributed by atoms with E-state index in [9.17, 15) is 0 Å². The van der Waals surface area contributed by atoms with Gasteiger partial charge in [0.2, 0.25) is 0 Å². The van der Waals surface area contributed by atoms with Crippen molar-refractivity contribution in [2.45, 2.75) is 23.7 Å². The van der Waals surface area contributed by atoms with Crippen molar-refractivity contribution in [2.24, 2.45) is 0 Å². The van der Waals surface area contributed by atoms with Gasteiger partial charge in [-0.3, -0.25) is 0 Å². The van der Waals surface area contributed by atoms with E-state index in [2.05, 4.69) is 20.8 Å². The second-order valence-electron chi connectivity index (χ2n) is 2.37. The molecular formula is C4H9Tl. The van der Waals surface area contributed by atoms with Gasteiger partial charge in [-0.05, 0) is 0 Å². The maximum atomic E-state index is 2.26. The Labute approximate surface area is 49.6 Å². The molecule has 0 aromatic carbocycles. The molecule has 0 fully saturated rings. The molecule has 0 amide bonds. The summed E-state index contributed by atoms with van der Waals surface area (Å²) < 4.78 is 0.667. The van der Waals surface area contributed by atoms with E-state index in [1.54, 1.807) is 0 Å². The first-order valence-corrected chi connectivity index (χ1v) is 4.03. The second kappa shape index (κ2) is 1.58. The van der Waals surface area contributed by atoms with Gasteiger partial charge in [-0.2, -0.15) is 0 Å². The van der Waals surface area contributed by atoms with Crippen molar-refractivity contribution in [2.75, 3.05) is 0 Å². The molecule has 0 radical (unpaired) electrons. The van der Waals surface area contributed by atoms with Crippen LogP contribution in [0.5, 0.6) is 0 Å². The van der Waals surface area contributed by atoms with Crippen LogP contribution in [-0.4, -0.2) is 25.8 Å². The van der Waals surface area contributed by atoms with Crippen molar-refractivity contribution in [3.8, 4) is 0 Å². The molecule has 5 heavy (non-hydrogen) atoms. The van der Waals surface area contributed by atoms with Gasteiger partial charge in [0.25, 0.3) is 0 Å². The van der Waals surface area contributed by atoms with E-state index in [4.69, 9.17) is 0 Å². The number of hydrogen-bond donors (Lipinski definition) is 0. The van der Waals surface area contributed by atoms with Crippen LogP contribution in [0, 0.1) is 0 Å². The summed E-state index contributed by atoms with van der Waals surface area (Å²) >= 11 is 1.13. The van der Waals surface area contributed by atoms with Gasteiger partial charge in [-0.15, -0.1) is 0 Å². The van der Waals surface area contributed by atoms with E-state index >= 15 is 0 Å². The molecule has 0 N–H and O–H groups in total. The minimum absolute atomic E-state index is 0.667. The van der Waals surface area contributed by atoms with Crippen LogP contribution in [0.3, 0.4) is 0 Å². The number of hydrogen-bond acceptors (Lipinski definition) is 0. The van der Waals surface area contributed by atoms with Gasteiger partial charge in [0.05, 0.1) is 0 Å². The minimum atomic E-state index is 0.667. The summed E-state index contributed by atoms with van der Waals surface area (Å²) in [6.45, 7) is 6.78. The van der Waals surface area contributed by atoms with Crippen LogP contribution >= 0.6 is 0 Å². The van der Waals surface area contributed by atoms with Crippen LogP contribution < -0.4 is 0 Å². The Bertz CT molecular complexity index is 19.1.